The largest absolute Gasteiger partial charge is 0.361 e. The third-order valence-corrected chi connectivity index (χ3v) is 3.75. The van der Waals surface area contributed by atoms with Crippen LogP contribution in [0, 0.1) is 10.1 Å². The van der Waals surface area contributed by atoms with E-state index in [0.717, 1.165) is 17.1 Å². The van der Waals surface area contributed by atoms with Crippen LogP contribution in [0.25, 0.3) is 10.8 Å². The van der Waals surface area contributed by atoms with Gasteiger partial charge in [0.2, 0.25) is 11.6 Å². The second-order valence-corrected chi connectivity index (χ2v) is 5.45. The molecule has 0 spiro atoms. The van der Waals surface area contributed by atoms with Crippen molar-refractivity contribution in [2.45, 2.75) is 0 Å². The number of fused-ring (bicyclic) bond motifs is 1. The lowest BCUT2D eigenvalue weighted by molar-refractivity contribution is -0.383. The van der Waals surface area contributed by atoms with Gasteiger partial charge in [-0.3, -0.25) is 25.8 Å². The molecule has 3 rings (SSSR count). The molecule has 1 amide bonds. The van der Waals surface area contributed by atoms with E-state index in [9.17, 15) is 14.9 Å². The van der Waals surface area contributed by atoms with Gasteiger partial charge in [-0.25, -0.2) is 9.97 Å². The van der Waals surface area contributed by atoms with E-state index >= 15 is 0 Å². The van der Waals surface area contributed by atoms with Crippen molar-refractivity contribution in [1.82, 2.24) is 15.4 Å². The number of hydrogen-bond donors (Lipinski definition) is 3. The Balaban J connectivity index is 1.85. The van der Waals surface area contributed by atoms with Gasteiger partial charge in [-0.05, 0) is 16.8 Å². The minimum atomic E-state index is -0.627. The average molecular weight is 364 g/mol. The number of rotatable bonds is 7. The predicted octanol–water partition coefficient (Wildman–Crippen LogP) is 2.89. The Bertz CT molecular complexity index is 1020. The Morgan fingerprint density at radius 1 is 1.15 bits per heavy atom. The molecule has 3 N–H and O–H groups in total. The van der Waals surface area contributed by atoms with E-state index in [1.54, 1.807) is 18.2 Å². The molecule has 0 saturated carbocycles. The van der Waals surface area contributed by atoms with Crippen molar-refractivity contribution >= 4 is 34.0 Å². The van der Waals surface area contributed by atoms with Crippen LogP contribution in [0.1, 0.15) is 10.4 Å². The number of benzene rings is 2. The molecular weight excluding hydrogens is 348 g/mol. The predicted molar refractivity (Wildman–Crippen MR) is 102 cm³/mol. The molecule has 0 saturated heterocycles. The molecule has 0 bridgehead atoms. The summed E-state index contributed by atoms with van der Waals surface area (Å²) in [7, 11) is 0. The molecule has 0 aliphatic heterocycles. The molecule has 136 valence electrons. The van der Waals surface area contributed by atoms with Crippen LogP contribution in [-0.2, 0) is 0 Å². The standard InChI is InChI=1S/C18H16N6O3/c1-2-10-19-16-15(24(26)27)17(21-11-20-16)22-23-18(25)14-9-5-7-12-6-3-4-8-13(12)14/h2-9,11H,1,10H2,(H,23,25)(H2,19,20,21,22). The van der Waals surface area contributed by atoms with Crippen LogP contribution in [0.15, 0.2) is 61.4 Å². The molecule has 1 aromatic heterocycles. The van der Waals surface area contributed by atoms with Crippen LogP contribution in [0.5, 0.6) is 0 Å². The van der Waals surface area contributed by atoms with E-state index in [-0.39, 0.29) is 17.3 Å². The molecule has 27 heavy (non-hydrogen) atoms. The molecule has 1 heterocycles. The van der Waals surface area contributed by atoms with Gasteiger partial charge in [0, 0.05) is 12.1 Å². The number of nitro groups is 1. The second-order valence-electron chi connectivity index (χ2n) is 5.45. The summed E-state index contributed by atoms with van der Waals surface area (Å²) in [4.78, 5) is 31.0. The van der Waals surface area contributed by atoms with Crippen LogP contribution in [-0.4, -0.2) is 27.3 Å². The molecule has 0 aliphatic carbocycles. The quantitative estimate of drug-likeness (QED) is 0.335. The maximum atomic E-state index is 12.6. The number of carbonyl (C=O) groups excluding carboxylic acids is 1. The fourth-order valence-electron chi connectivity index (χ4n) is 2.55. The van der Waals surface area contributed by atoms with E-state index in [1.807, 2.05) is 30.3 Å². The van der Waals surface area contributed by atoms with Crippen molar-refractivity contribution in [3.05, 3.63) is 77.1 Å². The summed E-state index contributed by atoms with van der Waals surface area (Å²) in [5.41, 5.74) is 5.03. The Morgan fingerprint density at radius 2 is 1.89 bits per heavy atom. The van der Waals surface area contributed by atoms with Crippen molar-refractivity contribution < 1.29 is 9.72 Å². The number of amides is 1. The summed E-state index contributed by atoms with van der Waals surface area (Å²) in [5, 5.41) is 15.8. The number of nitrogens with zero attached hydrogens (tertiary/aromatic N) is 3. The van der Waals surface area contributed by atoms with Gasteiger partial charge in [0.25, 0.3) is 5.91 Å². The third kappa shape index (κ3) is 3.82. The summed E-state index contributed by atoms with van der Waals surface area (Å²) in [6.45, 7) is 3.83. The van der Waals surface area contributed by atoms with E-state index in [2.05, 4.69) is 32.7 Å². The van der Waals surface area contributed by atoms with Crippen molar-refractivity contribution in [1.29, 1.82) is 0 Å². The molecule has 0 radical (unpaired) electrons. The van der Waals surface area contributed by atoms with Gasteiger partial charge in [0.05, 0.1) is 4.92 Å². The zero-order valence-electron chi connectivity index (χ0n) is 14.2. The molecule has 9 heteroatoms. The zero-order valence-corrected chi connectivity index (χ0v) is 14.2. The first kappa shape index (κ1) is 17.8. The molecular formula is C18H16N6O3. The van der Waals surface area contributed by atoms with Gasteiger partial charge in [-0.2, -0.15) is 0 Å². The van der Waals surface area contributed by atoms with Gasteiger partial charge in [-0.15, -0.1) is 6.58 Å². The van der Waals surface area contributed by atoms with Crippen LogP contribution < -0.4 is 16.2 Å². The third-order valence-electron chi connectivity index (χ3n) is 3.75. The van der Waals surface area contributed by atoms with E-state index in [0.29, 0.717) is 12.1 Å². The zero-order chi connectivity index (χ0) is 19.2. The van der Waals surface area contributed by atoms with Crippen molar-refractivity contribution in [2.24, 2.45) is 0 Å². The fourth-order valence-corrected chi connectivity index (χ4v) is 2.55. The molecule has 3 aromatic rings. The van der Waals surface area contributed by atoms with E-state index in [1.165, 1.54) is 0 Å². The Morgan fingerprint density at radius 3 is 2.67 bits per heavy atom. The van der Waals surface area contributed by atoms with Crippen molar-refractivity contribution in [2.75, 3.05) is 17.3 Å². The van der Waals surface area contributed by atoms with Crippen LogP contribution in [0.2, 0.25) is 0 Å². The van der Waals surface area contributed by atoms with Crippen molar-refractivity contribution in [3.63, 3.8) is 0 Å². The highest BCUT2D eigenvalue weighted by molar-refractivity contribution is 6.07. The lowest BCUT2D eigenvalue weighted by Crippen LogP contribution is -2.30. The van der Waals surface area contributed by atoms with E-state index in [4.69, 9.17) is 0 Å². The molecule has 0 aliphatic rings. The normalized spacial score (nSPS) is 10.2. The average Bonchev–Trinajstić information content (AvgIpc) is 2.69. The highest BCUT2D eigenvalue weighted by atomic mass is 16.6. The number of carbonyl (C=O) groups is 1. The Labute approximate surface area is 154 Å². The summed E-state index contributed by atoms with van der Waals surface area (Å²) < 4.78 is 0. The fraction of sp³-hybridized carbons (Fsp3) is 0.0556. The van der Waals surface area contributed by atoms with Gasteiger partial charge in [0.15, 0.2) is 0 Å². The second kappa shape index (κ2) is 7.91. The maximum absolute atomic E-state index is 12.6. The summed E-state index contributed by atoms with van der Waals surface area (Å²) in [5.74, 6) is -0.549. The Kier molecular flexibility index (Phi) is 5.22. The Hall–Kier alpha value is -4.01. The minimum absolute atomic E-state index is 0.0248. The molecule has 0 atom stereocenters. The molecule has 9 nitrogen and oxygen atoms in total. The SMILES string of the molecule is C=CCNc1ncnc(NNC(=O)c2cccc3ccccc23)c1[N+](=O)[O-]. The number of hydrogen-bond acceptors (Lipinski definition) is 7. The highest BCUT2D eigenvalue weighted by Crippen LogP contribution is 2.28. The van der Waals surface area contributed by atoms with Crippen LogP contribution in [0.3, 0.4) is 0 Å². The smallest absolute Gasteiger partial charge is 0.354 e. The summed E-state index contributed by atoms with van der Waals surface area (Å²) >= 11 is 0. The monoisotopic (exact) mass is 364 g/mol. The van der Waals surface area contributed by atoms with Crippen molar-refractivity contribution in [3.8, 4) is 0 Å². The van der Waals surface area contributed by atoms with Gasteiger partial charge in [-0.1, -0.05) is 42.5 Å². The van der Waals surface area contributed by atoms with Gasteiger partial charge >= 0.3 is 5.69 Å². The lowest BCUT2D eigenvalue weighted by Gasteiger charge is -2.11. The number of anilines is 2. The summed E-state index contributed by atoms with van der Waals surface area (Å²) in [6, 6.07) is 12.8. The first-order valence-corrected chi connectivity index (χ1v) is 8.00. The van der Waals surface area contributed by atoms with E-state index < -0.39 is 10.8 Å². The molecule has 0 unspecified atom stereocenters. The number of aromatic nitrogens is 2. The first-order chi connectivity index (χ1) is 13.1. The lowest BCUT2D eigenvalue weighted by atomic mass is 10.0. The van der Waals surface area contributed by atoms with Crippen LogP contribution >= 0.6 is 0 Å². The van der Waals surface area contributed by atoms with Gasteiger partial charge < -0.3 is 5.32 Å². The molecule has 0 fully saturated rings. The maximum Gasteiger partial charge on any atom is 0.354 e. The highest BCUT2D eigenvalue weighted by Gasteiger charge is 2.23. The van der Waals surface area contributed by atoms with Gasteiger partial charge in [0.1, 0.15) is 6.33 Å². The summed E-state index contributed by atoms with van der Waals surface area (Å²) in [6.07, 6.45) is 2.70. The number of hydrazine groups is 1. The number of nitrogens with one attached hydrogen (secondary N) is 3. The minimum Gasteiger partial charge on any atom is -0.361 e. The van der Waals surface area contributed by atoms with Crippen LogP contribution in [0.4, 0.5) is 17.3 Å². The first-order valence-electron chi connectivity index (χ1n) is 8.00. The topological polar surface area (TPSA) is 122 Å². The molecule has 2 aromatic carbocycles.